The van der Waals surface area contributed by atoms with Gasteiger partial charge in [-0.25, -0.2) is 4.79 Å². The maximum Gasteiger partial charge on any atom is 0.426 e. The second-order valence-electron chi connectivity index (χ2n) is 9.11. The first-order chi connectivity index (χ1) is 13.5. The van der Waals surface area contributed by atoms with Crippen molar-refractivity contribution in [3.05, 3.63) is 23.8 Å². The lowest BCUT2D eigenvalue weighted by Gasteiger charge is -2.49. The summed E-state index contributed by atoms with van der Waals surface area (Å²) in [5, 5.41) is 0. The zero-order valence-corrected chi connectivity index (χ0v) is 18.0. The van der Waals surface area contributed by atoms with Crippen LogP contribution in [0.4, 0.5) is 4.79 Å². The van der Waals surface area contributed by atoms with Crippen LogP contribution < -0.4 is 10.2 Å². The molecule has 2 fully saturated rings. The Balaban J connectivity index is 1.88. The summed E-state index contributed by atoms with van der Waals surface area (Å²) in [5.74, 6) is 0.543. The molecule has 2 saturated heterocycles. The van der Waals surface area contributed by atoms with Crippen molar-refractivity contribution < 1.29 is 31.6 Å². The first-order valence-corrected chi connectivity index (χ1v) is 11.1. The van der Waals surface area contributed by atoms with Crippen LogP contribution in [0.25, 0.3) is 0 Å². The van der Waals surface area contributed by atoms with Crippen molar-refractivity contribution in [2.75, 3.05) is 19.8 Å². The molecule has 4 rings (SSSR count). The summed E-state index contributed by atoms with van der Waals surface area (Å²) in [6.07, 6.45) is 0.785. The number of ether oxygens (including phenoxy) is 3. The van der Waals surface area contributed by atoms with Crippen molar-refractivity contribution in [2.45, 2.75) is 56.8 Å². The molecule has 0 radical (unpaired) electrons. The average Bonchev–Trinajstić information content (AvgIpc) is 2.86. The maximum absolute atomic E-state index is 13.1. The maximum atomic E-state index is 13.1. The second-order valence-corrected chi connectivity index (χ2v) is 10.6. The fraction of sp³-hybridized carbons (Fsp3) is 0.632. The minimum atomic E-state index is -4.32. The largest absolute Gasteiger partial charge is 0.484 e. The van der Waals surface area contributed by atoms with E-state index in [0.717, 1.165) is 16.2 Å². The summed E-state index contributed by atoms with van der Waals surface area (Å²) < 4.78 is 49.2. The molecule has 158 valence electrons. The molecule has 0 aliphatic carbocycles. The lowest BCUT2D eigenvalue weighted by molar-refractivity contribution is -0.107. The number of fused-ring (bicyclic) bond motifs is 2. The predicted octanol–water partition coefficient (Wildman–Crippen LogP) is 0.984. The van der Waals surface area contributed by atoms with Crippen LogP contribution >= 0.6 is 0 Å². The Morgan fingerprint density at radius 2 is 2.03 bits per heavy atom. The second kappa shape index (κ2) is 6.62. The van der Waals surface area contributed by atoms with Gasteiger partial charge in [0.2, 0.25) is 0 Å². The van der Waals surface area contributed by atoms with Gasteiger partial charge in [0.25, 0.3) is 0 Å². The zero-order chi connectivity index (χ0) is 21.1. The molecule has 0 aromatic heterocycles. The van der Waals surface area contributed by atoms with E-state index in [0.29, 0.717) is 30.9 Å². The fourth-order valence-corrected chi connectivity index (χ4v) is 5.73. The third-order valence-corrected chi connectivity index (χ3v) is 6.84. The Morgan fingerprint density at radius 3 is 2.69 bits per heavy atom. The first-order valence-electron chi connectivity index (χ1n) is 9.77. The van der Waals surface area contributed by atoms with Gasteiger partial charge in [0.05, 0.1) is 13.2 Å². The van der Waals surface area contributed by atoms with Gasteiger partial charge in [-0.15, -0.1) is 0 Å². The molecule has 3 aliphatic rings. The van der Waals surface area contributed by atoms with Gasteiger partial charge in [-0.2, -0.15) is 12.7 Å². The molecule has 2 atom stereocenters. The minimum Gasteiger partial charge on any atom is -0.484 e. The predicted molar refractivity (Wildman–Crippen MR) is 107 cm³/mol. The average molecular weight is 423 g/mol. The molecular formula is C19H26BNO7S. The van der Waals surface area contributed by atoms with Crippen LogP contribution in [-0.4, -0.2) is 57.7 Å². The van der Waals surface area contributed by atoms with Gasteiger partial charge in [0, 0.05) is 18.6 Å². The number of amides is 1. The standard InChI is InChI=1S/C19H26BNO7S/c1-17(2,3)28-16(22)21-19(12-26-29(21,23)24)10-18(7-4-8-25-11-18)27-15-6-5-13(20)9-14(15)19/h5-6,9H,4,7-8,10-12,20H2,1-3H3. The number of nitrogens with zero attached hydrogens (tertiary/aromatic N) is 1. The van der Waals surface area contributed by atoms with Gasteiger partial charge >= 0.3 is 16.4 Å². The third kappa shape index (κ3) is 3.51. The Kier molecular flexibility index (Phi) is 4.68. The molecule has 1 aromatic carbocycles. The number of hydrogen-bond donors (Lipinski definition) is 0. The van der Waals surface area contributed by atoms with E-state index in [9.17, 15) is 13.2 Å². The van der Waals surface area contributed by atoms with Crippen LogP contribution in [0.3, 0.4) is 0 Å². The van der Waals surface area contributed by atoms with Crippen molar-refractivity contribution in [1.82, 2.24) is 4.31 Å². The molecule has 1 amide bonds. The van der Waals surface area contributed by atoms with E-state index in [2.05, 4.69) is 0 Å². The highest BCUT2D eigenvalue weighted by molar-refractivity contribution is 7.85. The zero-order valence-electron chi connectivity index (χ0n) is 17.2. The topological polar surface area (TPSA) is 91.4 Å². The van der Waals surface area contributed by atoms with Crippen molar-refractivity contribution in [3.8, 4) is 5.75 Å². The summed E-state index contributed by atoms with van der Waals surface area (Å²) in [7, 11) is -2.41. The van der Waals surface area contributed by atoms with Crippen LogP contribution in [0.2, 0.25) is 0 Å². The molecule has 2 unspecified atom stereocenters. The summed E-state index contributed by atoms with van der Waals surface area (Å²) in [5.41, 5.74) is -1.30. The molecule has 0 N–H and O–H groups in total. The monoisotopic (exact) mass is 423 g/mol. The molecule has 10 heteroatoms. The van der Waals surface area contributed by atoms with E-state index in [1.807, 2.05) is 26.0 Å². The van der Waals surface area contributed by atoms with E-state index in [-0.39, 0.29) is 13.0 Å². The number of benzene rings is 1. The van der Waals surface area contributed by atoms with Gasteiger partial charge in [-0.3, -0.25) is 4.18 Å². The summed E-state index contributed by atoms with van der Waals surface area (Å²) in [6, 6.07) is 5.57. The Labute approximate surface area is 172 Å². The lowest BCUT2D eigenvalue weighted by atomic mass is 9.73. The highest BCUT2D eigenvalue weighted by atomic mass is 32.2. The Bertz CT molecular complexity index is 936. The van der Waals surface area contributed by atoms with Crippen LogP contribution in [-0.2, 0) is 29.5 Å². The summed E-state index contributed by atoms with van der Waals surface area (Å²) >= 11 is 0. The van der Waals surface area contributed by atoms with E-state index in [1.165, 1.54) is 0 Å². The van der Waals surface area contributed by atoms with Crippen molar-refractivity contribution >= 4 is 29.7 Å². The van der Waals surface area contributed by atoms with Crippen LogP contribution in [0.15, 0.2) is 18.2 Å². The lowest BCUT2D eigenvalue weighted by Crippen LogP contribution is -2.60. The molecular weight excluding hydrogens is 397 g/mol. The third-order valence-electron chi connectivity index (χ3n) is 5.48. The molecule has 0 saturated carbocycles. The van der Waals surface area contributed by atoms with Crippen molar-refractivity contribution in [1.29, 1.82) is 0 Å². The Morgan fingerprint density at radius 1 is 1.28 bits per heavy atom. The number of rotatable bonds is 0. The number of carbonyl (C=O) groups is 1. The van der Waals surface area contributed by atoms with Gasteiger partial charge in [0.1, 0.15) is 30.3 Å². The molecule has 2 spiro atoms. The van der Waals surface area contributed by atoms with Gasteiger partial charge in [-0.05, 0) is 39.7 Å². The summed E-state index contributed by atoms with van der Waals surface area (Å²) in [6.45, 7) is 5.85. The molecule has 3 heterocycles. The Hall–Kier alpha value is -1.78. The smallest absolute Gasteiger partial charge is 0.426 e. The van der Waals surface area contributed by atoms with Gasteiger partial charge in [0.15, 0.2) is 0 Å². The minimum absolute atomic E-state index is 0.184. The van der Waals surface area contributed by atoms with Crippen LogP contribution in [0.5, 0.6) is 5.75 Å². The highest BCUT2D eigenvalue weighted by Crippen LogP contribution is 2.53. The van der Waals surface area contributed by atoms with E-state index >= 15 is 0 Å². The highest BCUT2D eigenvalue weighted by Gasteiger charge is 2.63. The molecule has 0 bridgehead atoms. The molecule has 29 heavy (non-hydrogen) atoms. The first kappa shape index (κ1) is 20.5. The van der Waals surface area contributed by atoms with E-state index in [1.54, 1.807) is 20.8 Å². The van der Waals surface area contributed by atoms with E-state index in [4.69, 9.17) is 18.4 Å². The molecule has 8 nitrogen and oxygen atoms in total. The normalized spacial score (nSPS) is 30.8. The summed E-state index contributed by atoms with van der Waals surface area (Å²) in [4.78, 5) is 13.1. The number of carbonyl (C=O) groups excluding carboxylic acids is 1. The van der Waals surface area contributed by atoms with Gasteiger partial charge in [-0.1, -0.05) is 17.6 Å². The fourth-order valence-electron chi connectivity index (χ4n) is 4.42. The van der Waals surface area contributed by atoms with Crippen molar-refractivity contribution in [2.24, 2.45) is 0 Å². The van der Waals surface area contributed by atoms with Gasteiger partial charge < -0.3 is 14.2 Å². The quantitative estimate of drug-likeness (QED) is 0.575. The van der Waals surface area contributed by atoms with Crippen LogP contribution in [0, 0.1) is 0 Å². The van der Waals surface area contributed by atoms with E-state index < -0.39 is 33.1 Å². The van der Waals surface area contributed by atoms with Crippen molar-refractivity contribution in [3.63, 3.8) is 0 Å². The van der Waals surface area contributed by atoms with Crippen LogP contribution in [0.1, 0.15) is 45.6 Å². The molecule has 3 aliphatic heterocycles. The SMILES string of the molecule is Bc1ccc2c(c1)C1(COS(=O)(=O)N1C(=O)OC(C)(C)C)CC1(CCCOC1)O2. The number of hydrogen-bond acceptors (Lipinski definition) is 7. The molecule has 1 aromatic rings.